The summed E-state index contributed by atoms with van der Waals surface area (Å²) in [6, 6.07) is 3.07. The van der Waals surface area contributed by atoms with Crippen molar-refractivity contribution < 1.29 is 9.18 Å². The number of carbonyl (C=O) groups is 1. The van der Waals surface area contributed by atoms with Gasteiger partial charge in [-0.3, -0.25) is 4.79 Å². The minimum absolute atomic E-state index is 0.00933. The molecular formula is C11H9BrClFN2O. The SMILES string of the molecule is CN(C)C(=O)c1cc2c(Br)cc(Cl)c(F)c2[nH]1. The first-order chi connectivity index (χ1) is 7.91. The van der Waals surface area contributed by atoms with E-state index in [0.717, 1.165) is 0 Å². The Kier molecular flexibility index (Phi) is 3.14. The monoisotopic (exact) mass is 318 g/mol. The summed E-state index contributed by atoms with van der Waals surface area (Å²) in [4.78, 5) is 15.9. The van der Waals surface area contributed by atoms with Crippen LogP contribution in [0.5, 0.6) is 0 Å². The van der Waals surface area contributed by atoms with Crippen molar-refractivity contribution in [2.75, 3.05) is 14.1 Å². The van der Waals surface area contributed by atoms with Crippen LogP contribution in [0.2, 0.25) is 5.02 Å². The van der Waals surface area contributed by atoms with Crippen molar-refractivity contribution in [2.45, 2.75) is 0 Å². The summed E-state index contributed by atoms with van der Waals surface area (Å²) < 4.78 is 14.4. The smallest absolute Gasteiger partial charge is 0.269 e. The molecule has 6 heteroatoms. The number of nitrogens with zero attached hydrogens (tertiary/aromatic N) is 1. The number of fused-ring (bicyclic) bond motifs is 1. The van der Waals surface area contributed by atoms with Crippen molar-refractivity contribution in [1.82, 2.24) is 9.88 Å². The van der Waals surface area contributed by atoms with Crippen LogP contribution >= 0.6 is 27.5 Å². The molecule has 0 bridgehead atoms. The molecule has 2 aromatic rings. The Morgan fingerprint density at radius 2 is 2.12 bits per heavy atom. The summed E-state index contributed by atoms with van der Waals surface area (Å²) in [6.45, 7) is 0. The summed E-state index contributed by atoms with van der Waals surface area (Å²) in [5.41, 5.74) is 0.557. The number of hydrogen-bond donors (Lipinski definition) is 1. The van der Waals surface area contributed by atoms with Crippen molar-refractivity contribution >= 4 is 44.3 Å². The third-order valence-corrected chi connectivity index (χ3v) is 3.33. The molecule has 1 amide bonds. The minimum Gasteiger partial charge on any atom is -0.348 e. The Balaban J connectivity index is 2.69. The van der Waals surface area contributed by atoms with Crippen molar-refractivity contribution in [3.05, 3.63) is 33.1 Å². The second-order valence-corrected chi connectivity index (χ2v) is 5.09. The van der Waals surface area contributed by atoms with Gasteiger partial charge < -0.3 is 9.88 Å². The number of H-pyrrole nitrogens is 1. The molecule has 2 rings (SSSR count). The molecule has 0 spiro atoms. The molecule has 1 aromatic carbocycles. The fraction of sp³-hybridized carbons (Fsp3) is 0.182. The second-order valence-electron chi connectivity index (χ2n) is 3.83. The van der Waals surface area contributed by atoms with E-state index in [1.807, 2.05) is 0 Å². The highest BCUT2D eigenvalue weighted by Gasteiger charge is 2.17. The molecular weight excluding hydrogens is 310 g/mol. The Morgan fingerprint density at radius 3 is 2.71 bits per heavy atom. The largest absolute Gasteiger partial charge is 0.348 e. The molecule has 0 aliphatic carbocycles. The lowest BCUT2D eigenvalue weighted by Gasteiger charge is -2.07. The van der Waals surface area contributed by atoms with E-state index in [4.69, 9.17) is 11.6 Å². The Morgan fingerprint density at radius 1 is 1.47 bits per heavy atom. The average Bonchev–Trinajstić information content (AvgIpc) is 2.70. The fourth-order valence-electron chi connectivity index (χ4n) is 1.54. The van der Waals surface area contributed by atoms with Gasteiger partial charge in [-0.1, -0.05) is 27.5 Å². The first kappa shape index (κ1) is 12.4. The summed E-state index contributed by atoms with van der Waals surface area (Å²) in [5, 5.41) is 0.604. The number of carbonyl (C=O) groups excluding carboxylic acids is 1. The van der Waals surface area contributed by atoms with Crippen LogP contribution in [-0.2, 0) is 0 Å². The molecule has 0 saturated heterocycles. The number of aromatic nitrogens is 1. The molecule has 0 radical (unpaired) electrons. The van der Waals surface area contributed by atoms with E-state index < -0.39 is 5.82 Å². The van der Waals surface area contributed by atoms with E-state index in [9.17, 15) is 9.18 Å². The zero-order chi connectivity index (χ0) is 12.7. The lowest BCUT2D eigenvalue weighted by Crippen LogP contribution is -2.21. The molecule has 90 valence electrons. The van der Waals surface area contributed by atoms with Gasteiger partial charge in [-0.15, -0.1) is 0 Å². The van der Waals surface area contributed by atoms with Crippen LogP contribution in [0.1, 0.15) is 10.5 Å². The van der Waals surface area contributed by atoms with Crippen molar-refractivity contribution in [2.24, 2.45) is 0 Å². The van der Waals surface area contributed by atoms with E-state index >= 15 is 0 Å². The van der Waals surface area contributed by atoms with Gasteiger partial charge in [0.05, 0.1) is 10.5 Å². The molecule has 0 aliphatic rings. The standard InChI is InChI=1S/C11H9BrClFN2O/c1-16(2)11(17)8-3-5-6(12)4-7(13)9(14)10(5)15-8/h3-4,15H,1-2H3. The Hall–Kier alpha value is -1.07. The van der Waals surface area contributed by atoms with E-state index in [1.165, 1.54) is 11.0 Å². The Bertz CT molecular complexity index is 609. The highest BCUT2D eigenvalue weighted by molar-refractivity contribution is 9.10. The third kappa shape index (κ3) is 2.05. The Labute approximate surface area is 111 Å². The van der Waals surface area contributed by atoms with Crippen molar-refractivity contribution in [1.29, 1.82) is 0 Å². The topological polar surface area (TPSA) is 36.1 Å². The van der Waals surface area contributed by atoms with Gasteiger partial charge in [-0.25, -0.2) is 4.39 Å². The van der Waals surface area contributed by atoms with Crippen LogP contribution in [0.15, 0.2) is 16.6 Å². The van der Waals surface area contributed by atoms with Crippen LogP contribution in [0, 0.1) is 5.82 Å². The number of hydrogen-bond acceptors (Lipinski definition) is 1. The van der Waals surface area contributed by atoms with Gasteiger partial charge in [0.1, 0.15) is 5.69 Å². The number of benzene rings is 1. The number of rotatable bonds is 1. The van der Waals surface area contributed by atoms with Gasteiger partial charge >= 0.3 is 0 Å². The van der Waals surface area contributed by atoms with E-state index in [1.54, 1.807) is 20.2 Å². The van der Waals surface area contributed by atoms with Crippen LogP contribution < -0.4 is 0 Å². The molecule has 1 aromatic heterocycles. The van der Waals surface area contributed by atoms with E-state index in [0.29, 0.717) is 15.6 Å². The highest BCUT2D eigenvalue weighted by Crippen LogP contribution is 2.32. The van der Waals surface area contributed by atoms with Crippen LogP contribution in [0.3, 0.4) is 0 Å². The number of halogens is 3. The summed E-state index contributed by atoms with van der Waals surface area (Å²) in [5.74, 6) is -0.772. The quantitative estimate of drug-likeness (QED) is 0.803. The van der Waals surface area contributed by atoms with Gasteiger partial charge in [0.2, 0.25) is 0 Å². The lowest BCUT2D eigenvalue weighted by atomic mass is 10.2. The molecule has 3 nitrogen and oxygen atoms in total. The first-order valence-corrected chi connectivity index (χ1v) is 5.96. The predicted molar refractivity (Wildman–Crippen MR) is 69.0 cm³/mol. The van der Waals surface area contributed by atoms with Gasteiger partial charge in [0.25, 0.3) is 5.91 Å². The van der Waals surface area contributed by atoms with Gasteiger partial charge in [0.15, 0.2) is 5.82 Å². The molecule has 17 heavy (non-hydrogen) atoms. The average molecular weight is 320 g/mol. The number of aromatic amines is 1. The van der Waals surface area contributed by atoms with Crippen LogP contribution in [0.4, 0.5) is 4.39 Å². The van der Waals surface area contributed by atoms with Crippen LogP contribution in [-0.4, -0.2) is 29.9 Å². The predicted octanol–water partition coefficient (Wildman–Crippen LogP) is 3.42. The number of nitrogens with one attached hydrogen (secondary N) is 1. The van der Waals surface area contributed by atoms with Crippen molar-refractivity contribution in [3.8, 4) is 0 Å². The zero-order valence-electron chi connectivity index (χ0n) is 9.14. The van der Waals surface area contributed by atoms with E-state index in [2.05, 4.69) is 20.9 Å². The summed E-state index contributed by atoms with van der Waals surface area (Å²) >= 11 is 9.01. The molecule has 0 saturated carbocycles. The van der Waals surface area contributed by atoms with Gasteiger partial charge in [-0.05, 0) is 12.1 Å². The normalized spacial score (nSPS) is 10.9. The lowest BCUT2D eigenvalue weighted by molar-refractivity contribution is 0.0823. The number of amides is 1. The maximum absolute atomic E-state index is 13.7. The van der Waals surface area contributed by atoms with Crippen molar-refractivity contribution in [3.63, 3.8) is 0 Å². The molecule has 0 fully saturated rings. The maximum Gasteiger partial charge on any atom is 0.269 e. The fourth-order valence-corrected chi connectivity index (χ4v) is 2.42. The molecule has 1 heterocycles. The highest BCUT2D eigenvalue weighted by atomic mass is 79.9. The van der Waals surface area contributed by atoms with Gasteiger partial charge in [-0.2, -0.15) is 0 Å². The van der Waals surface area contributed by atoms with Gasteiger partial charge in [0, 0.05) is 24.0 Å². The molecule has 1 N–H and O–H groups in total. The van der Waals surface area contributed by atoms with Crippen LogP contribution in [0.25, 0.3) is 10.9 Å². The first-order valence-electron chi connectivity index (χ1n) is 4.79. The third-order valence-electron chi connectivity index (χ3n) is 2.39. The second kappa shape index (κ2) is 4.31. The summed E-state index contributed by atoms with van der Waals surface area (Å²) in [6.07, 6.45) is 0. The molecule has 0 atom stereocenters. The zero-order valence-corrected chi connectivity index (χ0v) is 11.5. The minimum atomic E-state index is -0.553. The molecule has 0 aliphatic heterocycles. The molecule has 0 unspecified atom stereocenters. The van der Waals surface area contributed by atoms with E-state index in [-0.39, 0.29) is 16.4 Å². The maximum atomic E-state index is 13.7. The summed E-state index contributed by atoms with van der Waals surface area (Å²) in [7, 11) is 3.26.